The van der Waals surface area contributed by atoms with Gasteiger partial charge in [0.25, 0.3) is 0 Å². The summed E-state index contributed by atoms with van der Waals surface area (Å²) in [7, 11) is 0. The van der Waals surface area contributed by atoms with Crippen molar-refractivity contribution in [2.75, 3.05) is 31.6 Å². The Bertz CT molecular complexity index is 890. The summed E-state index contributed by atoms with van der Waals surface area (Å²) in [4.78, 5) is 13.2. The molecule has 3 N–H and O–H groups in total. The zero-order valence-electron chi connectivity index (χ0n) is 16.5. The van der Waals surface area contributed by atoms with Crippen molar-refractivity contribution in [3.63, 3.8) is 0 Å². The summed E-state index contributed by atoms with van der Waals surface area (Å²) in [6, 6.07) is 12.9. The number of hydrogen-bond donors (Lipinski definition) is 3. The predicted molar refractivity (Wildman–Crippen MR) is 120 cm³/mol. The van der Waals surface area contributed by atoms with Crippen LogP contribution < -0.4 is 5.32 Å². The highest BCUT2D eigenvalue weighted by atomic mass is 35.5. The molecule has 1 aliphatic heterocycles. The van der Waals surface area contributed by atoms with Crippen LogP contribution in [0.4, 0.5) is 5.69 Å². The third kappa shape index (κ3) is 6.36. The molecule has 0 spiro atoms. The average molecular weight is 450 g/mol. The average Bonchev–Trinajstić information content (AvgIpc) is 3.20. The molecule has 1 aliphatic rings. The highest BCUT2D eigenvalue weighted by Gasteiger charge is 2.27. The van der Waals surface area contributed by atoms with Crippen molar-refractivity contribution in [1.82, 2.24) is 4.90 Å². The second-order valence-corrected chi connectivity index (χ2v) is 8.20. The fourth-order valence-electron chi connectivity index (χ4n) is 3.44. The fourth-order valence-corrected chi connectivity index (χ4v) is 3.73. The maximum absolute atomic E-state index is 11.0. The Morgan fingerprint density at radius 2 is 1.93 bits per heavy atom. The normalized spacial score (nSPS) is 16.4. The Balaban J connectivity index is 1.50. The Morgan fingerprint density at radius 1 is 1.20 bits per heavy atom. The molecule has 1 saturated heterocycles. The van der Waals surface area contributed by atoms with E-state index in [1.54, 1.807) is 12.1 Å². The molecule has 0 aromatic heterocycles. The van der Waals surface area contributed by atoms with Gasteiger partial charge in [0, 0.05) is 35.4 Å². The van der Waals surface area contributed by atoms with Crippen LogP contribution >= 0.6 is 23.2 Å². The zero-order chi connectivity index (χ0) is 21.5. The summed E-state index contributed by atoms with van der Waals surface area (Å²) >= 11 is 12.1. The van der Waals surface area contributed by atoms with Crippen LogP contribution in [-0.4, -0.2) is 48.1 Å². The number of likely N-dealkylation sites (tertiary alicyclic amines) is 1. The molecule has 1 unspecified atom stereocenters. The lowest BCUT2D eigenvalue weighted by molar-refractivity contribution is -0.141. The molecular weight excluding hydrogens is 425 g/mol. The standard InChI is InChI=1S/C22H25Cl2N3O3/c23-17-4-2-15(3-5-17)13-26-20-7-6-18(24)12-19(20)21(25)30-11-1-9-27-10-8-16(14-27)22(28)29/h2-7,12,16,25-26H,1,8-11,13-14H2,(H,28,29). The van der Waals surface area contributed by atoms with Gasteiger partial charge in [-0.1, -0.05) is 35.3 Å². The first kappa shape index (κ1) is 22.4. The van der Waals surface area contributed by atoms with Crippen LogP contribution in [-0.2, 0) is 16.1 Å². The van der Waals surface area contributed by atoms with Crippen molar-refractivity contribution < 1.29 is 14.6 Å². The van der Waals surface area contributed by atoms with Gasteiger partial charge < -0.3 is 20.1 Å². The van der Waals surface area contributed by atoms with Crippen molar-refractivity contribution in [2.45, 2.75) is 19.4 Å². The Morgan fingerprint density at radius 3 is 2.63 bits per heavy atom. The SMILES string of the molecule is N=C(OCCCN1CCC(C(=O)O)C1)c1cc(Cl)ccc1NCc1ccc(Cl)cc1. The molecule has 1 fully saturated rings. The summed E-state index contributed by atoms with van der Waals surface area (Å²) < 4.78 is 5.65. The van der Waals surface area contributed by atoms with E-state index in [0.717, 1.165) is 30.8 Å². The first-order chi connectivity index (χ1) is 14.4. The quantitative estimate of drug-likeness (QED) is 0.292. The molecule has 2 aromatic rings. The van der Waals surface area contributed by atoms with E-state index in [2.05, 4.69) is 10.2 Å². The van der Waals surface area contributed by atoms with Gasteiger partial charge in [0.05, 0.1) is 18.1 Å². The lowest BCUT2D eigenvalue weighted by Crippen LogP contribution is -2.25. The Hall–Kier alpha value is -2.28. The minimum Gasteiger partial charge on any atom is -0.481 e. The summed E-state index contributed by atoms with van der Waals surface area (Å²) in [5.74, 6) is -0.944. The van der Waals surface area contributed by atoms with E-state index in [0.29, 0.717) is 41.7 Å². The van der Waals surface area contributed by atoms with E-state index in [1.807, 2.05) is 30.3 Å². The first-order valence-corrected chi connectivity index (χ1v) is 10.6. The van der Waals surface area contributed by atoms with Crippen molar-refractivity contribution in [3.8, 4) is 0 Å². The summed E-state index contributed by atoms with van der Waals surface area (Å²) in [6.45, 7) is 3.10. The van der Waals surface area contributed by atoms with Crippen LogP contribution in [0.5, 0.6) is 0 Å². The minimum absolute atomic E-state index is 0.0564. The van der Waals surface area contributed by atoms with Crippen LogP contribution in [0.15, 0.2) is 42.5 Å². The minimum atomic E-state index is -0.727. The molecule has 0 radical (unpaired) electrons. The summed E-state index contributed by atoms with van der Waals surface area (Å²) in [6.07, 6.45) is 1.42. The number of rotatable bonds is 9. The van der Waals surface area contributed by atoms with Gasteiger partial charge in [0.15, 0.2) is 0 Å². The van der Waals surface area contributed by atoms with Gasteiger partial charge in [-0.15, -0.1) is 0 Å². The van der Waals surface area contributed by atoms with Gasteiger partial charge in [-0.2, -0.15) is 0 Å². The Labute approximate surface area is 186 Å². The molecule has 1 atom stereocenters. The lowest BCUT2D eigenvalue weighted by Gasteiger charge is -2.17. The molecule has 0 saturated carbocycles. The van der Waals surface area contributed by atoms with Gasteiger partial charge >= 0.3 is 5.97 Å². The monoisotopic (exact) mass is 449 g/mol. The van der Waals surface area contributed by atoms with Crippen molar-refractivity contribution in [3.05, 3.63) is 63.6 Å². The fraction of sp³-hybridized carbons (Fsp3) is 0.364. The van der Waals surface area contributed by atoms with Crippen LogP contribution in [0.1, 0.15) is 24.0 Å². The van der Waals surface area contributed by atoms with Crippen molar-refractivity contribution in [2.24, 2.45) is 5.92 Å². The molecule has 3 rings (SSSR count). The highest BCUT2D eigenvalue weighted by Crippen LogP contribution is 2.23. The molecular formula is C22H25Cl2N3O3. The number of aliphatic carboxylic acids is 1. The molecule has 6 nitrogen and oxygen atoms in total. The molecule has 1 heterocycles. The molecule has 30 heavy (non-hydrogen) atoms. The number of nitrogens with one attached hydrogen (secondary N) is 2. The van der Waals surface area contributed by atoms with E-state index >= 15 is 0 Å². The van der Waals surface area contributed by atoms with E-state index in [1.165, 1.54) is 0 Å². The number of carboxylic acids is 1. The number of hydrogen-bond acceptors (Lipinski definition) is 5. The highest BCUT2D eigenvalue weighted by molar-refractivity contribution is 6.31. The predicted octanol–water partition coefficient (Wildman–Crippen LogP) is 4.74. The van der Waals surface area contributed by atoms with Crippen molar-refractivity contribution >= 4 is 40.8 Å². The third-order valence-electron chi connectivity index (χ3n) is 5.11. The number of carbonyl (C=O) groups is 1. The topological polar surface area (TPSA) is 85.7 Å². The van der Waals surface area contributed by atoms with E-state index in [9.17, 15) is 4.79 Å². The number of anilines is 1. The van der Waals surface area contributed by atoms with Gasteiger partial charge in [-0.3, -0.25) is 10.2 Å². The second-order valence-electron chi connectivity index (χ2n) is 7.33. The molecule has 0 aliphatic carbocycles. The summed E-state index contributed by atoms with van der Waals surface area (Å²) in [5, 5.41) is 21.9. The second kappa shape index (κ2) is 10.7. The smallest absolute Gasteiger partial charge is 0.307 e. The van der Waals surface area contributed by atoms with Gasteiger partial charge in [0.1, 0.15) is 0 Å². The number of ether oxygens (including phenoxy) is 1. The van der Waals surface area contributed by atoms with Gasteiger partial charge in [0.2, 0.25) is 5.90 Å². The maximum atomic E-state index is 11.0. The maximum Gasteiger partial charge on any atom is 0.307 e. The molecule has 0 bridgehead atoms. The van der Waals surface area contributed by atoms with Crippen LogP contribution in [0.25, 0.3) is 0 Å². The molecule has 8 heteroatoms. The molecule has 2 aromatic carbocycles. The van der Waals surface area contributed by atoms with E-state index in [-0.39, 0.29) is 11.8 Å². The van der Waals surface area contributed by atoms with Crippen molar-refractivity contribution in [1.29, 1.82) is 5.41 Å². The summed E-state index contributed by atoms with van der Waals surface area (Å²) in [5.41, 5.74) is 2.43. The zero-order valence-corrected chi connectivity index (χ0v) is 18.0. The lowest BCUT2D eigenvalue weighted by atomic mass is 10.1. The third-order valence-corrected chi connectivity index (χ3v) is 5.60. The van der Waals surface area contributed by atoms with E-state index < -0.39 is 5.97 Å². The first-order valence-electron chi connectivity index (χ1n) is 9.87. The van der Waals surface area contributed by atoms with Gasteiger partial charge in [-0.25, -0.2) is 0 Å². The number of benzene rings is 2. The molecule has 160 valence electrons. The largest absolute Gasteiger partial charge is 0.481 e. The van der Waals surface area contributed by atoms with Crippen LogP contribution in [0.3, 0.4) is 0 Å². The molecule has 0 amide bonds. The van der Waals surface area contributed by atoms with Crippen LogP contribution in [0.2, 0.25) is 10.0 Å². The number of carboxylic acid groups (broad SMARTS) is 1. The number of halogens is 2. The number of nitrogens with zero attached hydrogens (tertiary/aromatic N) is 1. The van der Waals surface area contributed by atoms with Gasteiger partial charge in [-0.05, 0) is 55.3 Å². The van der Waals surface area contributed by atoms with Crippen LogP contribution in [0, 0.1) is 11.3 Å². The Kier molecular flexibility index (Phi) is 7.96. The van der Waals surface area contributed by atoms with E-state index in [4.69, 9.17) is 38.5 Å².